The van der Waals surface area contributed by atoms with E-state index in [9.17, 15) is 9.59 Å². The van der Waals surface area contributed by atoms with E-state index in [1.807, 2.05) is 43.3 Å². The second-order valence-corrected chi connectivity index (χ2v) is 5.27. The average molecular weight is 316 g/mol. The molecular formula is C16H20N4O3. The van der Waals surface area contributed by atoms with Crippen molar-refractivity contribution in [2.45, 2.75) is 6.04 Å². The van der Waals surface area contributed by atoms with Crippen molar-refractivity contribution in [1.82, 2.24) is 20.4 Å². The highest BCUT2D eigenvalue weighted by Gasteiger charge is 2.17. The van der Waals surface area contributed by atoms with Crippen molar-refractivity contribution in [2.75, 3.05) is 27.7 Å². The fourth-order valence-electron chi connectivity index (χ4n) is 2.20. The Morgan fingerprint density at radius 3 is 2.74 bits per heavy atom. The molecule has 2 rings (SSSR count). The minimum atomic E-state index is -0.343. The van der Waals surface area contributed by atoms with Crippen LogP contribution in [0.1, 0.15) is 22.1 Å². The summed E-state index contributed by atoms with van der Waals surface area (Å²) in [4.78, 5) is 25.1. The molecule has 2 aromatic rings. The molecule has 0 unspecified atom stereocenters. The standard InChI is InChI=1S/C16H20N4O3/c1-20(2)14(11-5-4-6-12(9-11)23-3)10-17-16(22)13-7-8-15(21)19-18-13/h4-9,14H,10H2,1-3H3,(H,17,22)(H,19,21)/t14-/m1/s1. The first kappa shape index (κ1) is 16.7. The van der Waals surface area contributed by atoms with E-state index in [0.29, 0.717) is 6.54 Å². The largest absolute Gasteiger partial charge is 0.497 e. The number of ether oxygens (including phenoxy) is 1. The number of likely N-dealkylation sites (N-methyl/N-ethyl adjacent to an activating group) is 1. The molecular weight excluding hydrogens is 296 g/mol. The van der Waals surface area contributed by atoms with Gasteiger partial charge in [0.2, 0.25) is 0 Å². The van der Waals surface area contributed by atoms with Crippen molar-refractivity contribution in [3.05, 3.63) is 58.0 Å². The molecule has 0 saturated heterocycles. The summed E-state index contributed by atoms with van der Waals surface area (Å²) in [6.45, 7) is 0.403. The monoisotopic (exact) mass is 316 g/mol. The Balaban J connectivity index is 2.09. The molecule has 1 heterocycles. The molecule has 1 aromatic carbocycles. The zero-order chi connectivity index (χ0) is 16.8. The van der Waals surface area contributed by atoms with Crippen molar-refractivity contribution in [2.24, 2.45) is 0 Å². The smallest absolute Gasteiger partial charge is 0.271 e. The summed E-state index contributed by atoms with van der Waals surface area (Å²) in [6, 6.07) is 10.4. The molecule has 0 aliphatic carbocycles. The zero-order valence-electron chi connectivity index (χ0n) is 13.4. The van der Waals surface area contributed by atoms with Gasteiger partial charge in [-0.25, -0.2) is 5.10 Å². The number of H-pyrrole nitrogens is 1. The summed E-state index contributed by atoms with van der Waals surface area (Å²) >= 11 is 0. The van der Waals surface area contributed by atoms with E-state index in [-0.39, 0.29) is 23.2 Å². The molecule has 1 amide bonds. The summed E-state index contributed by atoms with van der Waals surface area (Å²) in [7, 11) is 5.50. The molecule has 0 saturated carbocycles. The molecule has 1 atom stereocenters. The highest BCUT2D eigenvalue weighted by Crippen LogP contribution is 2.22. The van der Waals surface area contributed by atoms with Gasteiger partial charge < -0.3 is 15.0 Å². The first-order chi connectivity index (χ1) is 11.0. The number of benzene rings is 1. The summed E-state index contributed by atoms with van der Waals surface area (Å²) in [5.41, 5.74) is 0.862. The van der Waals surface area contributed by atoms with Gasteiger partial charge in [0.15, 0.2) is 0 Å². The van der Waals surface area contributed by atoms with Gasteiger partial charge in [-0.2, -0.15) is 5.10 Å². The second kappa shape index (κ2) is 7.55. The molecule has 0 bridgehead atoms. The Kier molecular flexibility index (Phi) is 5.48. The SMILES string of the molecule is COc1cccc([C@@H](CNC(=O)c2ccc(=O)[nH]n2)N(C)C)c1. The molecule has 23 heavy (non-hydrogen) atoms. The Morgan fingerprint density at radius 2 is 2.13 bits per heavy atom. The number of aromatic nitrogens is 2. The van der Waals surface area contributed by atoms with Gasteiger partial charge in [0.1, 0.15) is 11.4 Å². The molecule has 7 nitrogen and oxygen atoms in total. The van der Waals surface area contributed by atoms with Crippen molar-refractivity contribution in [1.29, 1.82) is 0 Å². The quantitative estimate of drug-likeness (QED) is 0.823. The van der Waals surface area contributed by atoms with Crippen molar-refractivity contribution in [3.8, 4) is 5.75 Å². The molecule has 0 aliphatic rings. The second-order valence-electron chi connectivity index (χ2n) is 5.27. The zero-order valence-corrected chi connectivity index (χ0v) is 13.4. The lowest BCUT2D eigenvalue weighted by molar-refractivity contribution is 0.0936. The normalized spacial score (nSPS) is 12.0. The van der Waals surface area contributed by atoms with Crippen LogP contribution < -0.4 is 15.6 Å². The lowest BCUT2D eigenvalue weighted by atomic mass is 10.1. The summed E-state index contributed by atoms with van der Waals surface area (Å²) in [5, 5.41) is 8.79. The number of methoxy groups -OCH3 is 1. The first-order valence-corrected chi connectivity index (χ1v) is 7.15. The number of aromatic amines is 1. The molecule has 0 spiro atoms. The Morgan fingerprint density at radius 1 is 1.35 bits per heavy atom. The Labute approximate surface area is 134 Å². The number of rotatable bonds is 6. The van der Waals surface area contributed by atoms with E-state index < -0.39 is 0 Å². The van der Waals surface area contributed by atoms with Gasteiger partial charge in [-0.3, -0.25) is 9.59 Å². The van der Waals surface area contributed by atoms with Gasteiger partial charge in [-0.05, 0) is 37.9 Å². The third kappa shape index (κ3) is 4.40. The fraction of sp³-hybridized carbons (Fsp3) is 0.312. The van der Waals surface area contributed by atoms with E-state index >= 15 is 0 Å². The summed E-state index contributed by atoms with van der Waals surface area (Å²) in [5.74, 6) is 0.430. The molecule has 122 valence electrons. The van der Waals surface area contributed by atoms with Crippen LogP contribution in [0, 0.1) is 0 Å². The number of carbonyl (C=O) groups is 1. The van der Waals surface area contributed by atoms with Crippen LogP contribution in [0.4, 0.5) is 0 Å². The van der Waals surface area contributed by atoms with Crippen LogP contribution in [0.2, 0.25) is 0 Å². The van der Waals surface area contributed by atoms with Gasteiger partial charge in [-0.15, -0.1) is 0 Å². The van der Waals surface area contributed by atoms with Gasteiger partial charge in [0.05, 0.1) is 13.2 Å². The number of carbonyl (C=O) groups excluding carboxylic acids is 1. The first-order valence-electron chi connectivity index (χ1n) is 7.15. The molecule has 0 radical (unpaired) electrons. The minimum absolute atomic E-state index is 0.0168. The molecule has 0 aliphatic heterocycles. The maximum Gasteiger partial charge on any atom is 0.271 e. The maximum atomic E-state index is 12.1. The fourth-order valence-corrected chi connectivity index (χ4v) is 2.20. The molecule has 1 aromatic heterocycles. The minimum Gasteiger partial charge on any atom is -0.497 e. The van der Waals surface area contributed by atoms with Crippen LogP contribution in [-0.2, 0) is 0 Å². The topological polar surface area (TPSA) is 87.3 Å². The van der Waals surface area contributed by atoms with Crippen LogP contribution in [0.5, 0.6) is 5.75 Å². The van der Waals surface area contributed by atoms with Crippen LogP contribution in [0.3, 0.4) is 0 Å². The van der Waals surface area contributed by atoms with Crippen LogP contribution in [0.15, 0.2) is 41.2 Å². The number of nitrogens with one attached hydrogen (secondary N) is 2. The molecule has 2 N–H and O–H groups in total. The van der Waals surface area contributed by atoms with Crippen LogP contribution in [-0.4, -0.2) is 48.8 Å². The van der Waals surface area contributed by atoms with E-state index in [2.05, 4.69) is 15.5 Å². The third-order valence-corrected chi connectivity index (χ3v) is 3.47. The highest BCUT2D eigenvalue weighted by atomic mass is 16.5. The van der Waals surface area contributed by atoms with E-state index in [1.54, 1.807) is 7.11 Å². The van der Waals surface area contributed by atoms with Crippen molar-refractivity contribution in [3.63, 3.8) is 0 Å². The van der Waals surface area contributed by atoms with E-state index in [0.717, 1.165) is 11.3 Å². The number of hydrogen-bond donors (Lipinski definition) is 2. The van der Waals surface area contributed by atoms with Gasteiger partial charge in [-0.1, -0.05) is 12.1 Å². The van der Waals surface area contributed by atoms with Gasteiger partial charge >= 0.3 is 0 Å². The van der Waals surface area contributed by atoms with Crippen molar-refractivity contribution >= 4 is 5.91 Å². The van der Waals surface area contributed by atoms with Crippen LogP contribution >= 0.6 is 0 Å². The van der Waals surface area contributed by atoms with Crippen molar-refractivity contribution < 1.29 is 9.53 Å². The number of hydrogen-bond acceptors (Lipinski definition) is 5. The lowest BCUT2D eigenvalue weighted by Gasteiger charge is -2.25. The number of amides is 1. The van der Waals surface area contributed by atoms with Crippen LogP contribution in [0.25, 0.3) is 0 Å². The Hall–Kier alpha value is -2.67. The summed E-state index contributed by atoms with van der Waals surface area (Å²) < 4.78 is 5.24. The average Bonchev–Trinajstić information content (AvgIpc) is 2.55. The third-order valence-electron chi connectivity index (χ3n) is 3.47. The number of nitrogens with zero attached hydrogens (tertiary/aromatic N) is 2. The lowest BCUT2D eigenvalue weighted by Crippen LogP contribution is -2.35. The van der Waals surface area contributed by atoms with E-state index in [1.165, 1.54) is 12.1 Å². The summed E-state index contributed by atoms with van der Waals surface area (Å²) in [6.07, 6.45) is 0. The predicted octanol–water partition coefficient (Wildman–Crippen LogP) is 0.811. The van der Waals surface area contributed by atoms with Gasteiger partial charge in [0, 0.05) is 12.6 Å². The molecule has 7 heteroatoms. The highest BCUT2D eigenvalue weighted by molar-refractivity contribution is 5.91. The maximum absolute atomic E-state index is 12.1. The molecule has 0 fully saturated rings. The van der Waals surface area contributed by atoms with E-state index in [4.69, 9.17) is 4.74 Å². The van der Waals surface area contributed by atoms with Gasteiger partial charge in [0.25, 0.3) is 11.5 Å². The Bertz CT molecular complexity index is 707. The predicted molar refractivity (Wildman–Crippen MR) is 86.6 cm³/mol.